The molecule has 25 heavy (non-hydrogen) atoms. The summed E-state index contributed by atoms with van der Waals surface area (Å²) in [7, 11) is 2.09. The summed E-state index contributed by atoms with van der Waals surface area (Å²) in [6.45, 7) is 7.78. The van der Waals surface area contributed by atoms with Crippen LogP contribution in [0.4, 0.5) is 0 Å². The van der Waals surface area contributed by atoms with Gasteiger partial charge in [0.1, 0.15) is 0 Å². The number of nitrogens with zero attached hydrogens (tertiary/aromatic N) is 2. The topological polar surface area (TPSA) is 61.7 Å². The largest absolute Gasteiger partial charge is 0.472 e. The lowest BCUT2D eigenvalue weighted by molar-refractivity contribution is -0.134. The molecule has 6 heteroatoms. The van der Waals surface area contributed by atoms with Gasteiger partial charge in [0.2, 0.25) is 5.91 Å². The number of likely N-dealkylation sites (N-methyl/N-ethyl adjacent to an activating group) is 1. The highest BCUT2D eigenvalue weighted by Gasteiger charge is 2.24. The minimum Gasteiger partial charge on any atom is -0.472 e. The molecule has 1 aliphatic heterocycles. The Morgan fingerprint density at radius 2 is 2.28 bits per heavy atom. The van der Waals surface area contributed by atoms with Gasteiger partial charge in [0.05, 0.1) is 31.7 Å². The highest BCUT2D eigenvalue weighted by atomic mass is 16.5. The summed E-state index contributed by atoms with van der Waals surface area (Å²) in [6.07, 6.45) is 3.63. The SMILES string of the molecule is Cc1cc(CN(C[C@H]2CN(C)CCO2)C(=O)Cc2ccoc2)c(C)[nH]1. The molecule has 6 nitrogen and oxygen atoms in total. The van der Waals surface area contributed by atoms with Crippen molar-refractivity contribution < 1.29 is 13.9 Å². The lowest BCUT2D eigenvalue weighted by Crippen LogP contribution is -2.47. The maximum Gasteiger partial charge on any atom is 0.227 e. The summed E-state index contributed by atoms with van der Waals surface area (Å²) in [5.74, 6) is 0.0940. The van der Waals surface area contributed by atoms with Crippen molar-refractivity contribution in [1.82, 2.24) is 14.8 Å². The zero-order chi connectivity index (χ0) is 17.8. The van der Waals surface area contributed by atoms with Crippen molar-refractivity contribution in [2.45, 2.75) is 32.9 Å². The van der Waals surface area contributed by atoms with Gasteiger partial charge in [-0.25, -0.2) is 0 Å². The van der Waals surface area contributed by atoms with E-state index in [0.29, 0.717) is 26.1 Å². The van der Waals surface area contributed by atoms with Gasteiger partial charge in [-0.1, -0.05) is 0 Å². The van der Waals surface area contributed by atoms with Gasteiger partial charge in [0.15, 0.2) is 0 Å². The number of hydrogen-bond donors (Lipinski definition) is 1. The number of hydrogen-bond acceptors (Lipinski definition) is 4. The van der Waals surface area contributed by atoms with Crippen molar-refractivity contribution in [3.63, 3.8) is 0 Å². The molecule has 2 aromatic heterocycles. The quantitative estimate of drug-likeness (QED) is 0.871. The van der Waals surface area contributed by atoms with Crippen LogP contribution in [0.25, 0.3) is 0 Å². The molecular formula is C19H27N3O3. The molecule has 0 aliphatic carbocycles. The number of nitrogens with one attached hydrogen (secondary N) is 1. The number of ether oxygens (including phenoxy) is 1. The summed E-state index contributed by atoms with van der Waals surface area (Å²) < 4.78 is 11.0. The fourth-order valence-corrected chi connectivity index (χ4v) is 3.31. The second-order valence-electron chi connectivity index (χ2n) is 6.94. The van der Waals surface area contributed by atoms with E-state index in [1.807, 2.05) is 24.8 Å². The first kappa shape index (κ1) is 17.8. The molecule has 1 saturated heterocycles. The Labute approximate surface area is 148 Å². The molecular weight excluding hydrogens is 318 g/mol. The minimum atomic E-state index is 0.0485. The number of carbonyl (C=O) groups is 1. The smallest absolute Gasteiger partial charge is 0.227 e. The van der Waals surface area contributed by atoms with E-state index in [4.69, 9.17) is 9.15 Å². The fourth-order valence-electron chi connectivity index (χ4n) is 3.31. The van der Waals surface area contributed by atoms with Crippen LogP contribution < -0.4 is 0 Å². The molecule has 1 aliphatic rings. The number of furan rings is 1. The van der Waals surface area contributed by atoms with Gasteiger partial charge < -0.3 is 23.9 Å². The lowest BCUT2D eigenvalue weighted by Gasteiger charge is -2.34. The van der Waals surface area contributed by atoms with Crippen molar-refractivity contribution >= 4 is 5.91 Å². The molecule has 0 saturated carbocycles. The number of aromatic amines is 1. The number of morpholine rings is 1. The standard InChI is InChI=1S/C19H27N3O3/c1-14-8-17(15(2)20-14)10-22(12-18-11-21(3)5-7-25-18)19(23)9-16-4-6-24-13-16/h4,6,8,13,18,20H,5,7,9-12H2,1-3H3/t18-/m1/s1. The Kier molecular flexibility index (Phi) is 5.60. The maximum absolute atomic E-state index is 12.9. The van der Waals surface area contributed by atoms with Crippen molar-refractivity contribution in [2.24, 2.45) is 0 Å². The number of aromatic nitrogens is 1. The third kappa shape index (κ3) is 4.74. The zero-order valence-electron chi connectivity index (χ0n) is 15.2. The number of H-pyrrole nitrogens is 1. The van der Waals surface area contributed by atoms with E-state index < -0.39 is 0 Å². The molecule has 0 aromatic carbocycles. The van der Waals surface area contributed by atoms with Crippen LogP contribution in [0.5, 0.6) is 0 Å². The molecule has 1 amide bonds. The predicted molar refractivity (Wildman–Crippen MR) is 95.3 cm³/mol. The Hall–Kier alpha value is -2.05. The Bertz CT molecular complexity index is 693. The van der Waals surface area contributed by atoms with E-state index in [2.05, 4.69) is 23.0 Å². The molecule has 0 unspecified atom stereocenters. The minimum absolute atomic E-state index is 0.0485. The van der Waals surface area contributed by atoms with Crippen molar-refractivity contribution in [2.75, 3.05) is 33.3 Å². The summed E-state index contributed by atoms with van der Waals surface area (Å²) in [6, 6.07) is 3.95. The number of carbonyl (C=O) groups excluding carboxylic acids is 1. The van der Waals surface area contributed by atoms with E-state index in [0.717, 1.165) is 35.6 Å². The lowest BCUT2D eigenvalue weighted by atomic mass is 10.1. The van der Waals surface area contributed by atoms with Crippen LogP contribution in [0.15, 0.2) is 29.1 Å². The monoisotopic (exact) mass is 345 g/mol. The van der Waals surface area contributed by atoms with Crippen LogP contribution >= 0.6 is 0 Å². The average molecular weight is 345 g/mol. The third-order valence-electron chi connectivity index (χ3n) is 4.67. The summed E-state index contributed by atoms with van der Waals surface area (Å²) >= 11 is 0. The van der Waals surface area contributed by atoms with Crippen LogP contribution in [0.1, 0.15) is 22.5 Å². The van der Waals surface area contributed by atoms with Gasteiger partial charge in [0.25, 0.3) is 0 Å². The average Bonchev–Trinajstić information content (AvgIpc) is 3.16. The first-order valence-corrected chi connectivity index (χ1v) is 8.75. The van der Waals surface area contributed by atoms with Gasteiger partial charge in [-0.15, -0.1) is 0 Å². The highest BCUT2D eigenvalue weighted by Crippen LogP contribution is 2.16. The summed E-state index contributed by atoms with van der Waals surface area (Å²) in [5, 5.41) is 0. The third-order valence-corrected chi connectivity index (χ3v) is 4.67. The Morgan fingerprint density at radius 1 is 1.44 bits per heavy atom. The van der Waals surface area contributed by atoms with E-state index in [9.17, 15) is 4.79 Å². The molecule has 2 aromatic rings. The van der Waals surface area contributed by atoms with Gasteiger partial charge >= 0.3 is 0 Å². The van der Waals surface area contributed by atoms with E-state index in [1.165, 1.54) is 0 Å². The highest BCUT2D eigenvalue weighted by molar-refractivity contribution is 5.78. The number of amides is 1. The second kappa shape index (κ2) is 7.89. The van der Waals surface area contributed by atoms with Gasteiger partial charge in [-0.2, -0.15) is 0 Å². The van der Waals surface area contributed by atoms with Crippen molar-refractivity contribution in [3.8, 4) is 0 Å². The molecule has 3 rings (SSSR count). The molecule has 3 heterocycles. The molecule has 136 valence electrons. The summed E-state index contributed by atoms with van der Waals surface area (Å²) in [5.41, 5.74) is 4.28. The Balaban J connectivity index is 1.72. The van der Waals surface area contributed by atoms with E-state index >= 15 is 0 Å². The first-order chi connectivity index (χ1) is 12.0. The molecule has 1 atom stereocenters. The summed E-state index contributed by atoms with van der Waals surface area (Å²) in [4.78, 5) is 20.4. The van der Waals surface area contributed by atoms with E-state index in [1.54, 1.807) is 12.5 Å². The molecule has 1 N–H and O–H groups in total. The van der Waals surface area contributed by atoms with Crippen LogP contribution in [-0.4, -0.2) is 60.1 Å². The molecule has 1 fully saturated rings. The van der Waals surface area contributed by atoms with Crippen LogP contribution in [0.3, 0.4) is 0 Å². The van der Waals surface area contributed by atoms with Gasteiger partial charge in [-0.05, 0) is 44.2 Å². The number of aryl methyl sites for hydroxylation is 2. The zero-order valence-corrected chi connectivity index (χ0v) is 15.2. The maximum atomic E-state index is 12.9. The van der Waals surface area contributed by atoms with Crippen LogP contribution in [0.2, 0.25) is 0 Å². The van der Waals surface area contributed by atoms with Crippen molar-refractivity contribution in [1.29, 1.82) is 0 Å². The van der Waals surface area contributed by atoms with Crippen LogP contribution in [0, 0.1) is 13.8 Å². The normalized spacial score (nSPS) is 18.4. The van der Waals surface area contributed by atoms with Gasteiger partial charge in [-0.3, -0.25) is 4.79 Å². The van der Waals surface area contributed by atoms with Crippen LogP contribution in [-0.2, 0) is 22.5 Å². The Morgan fingerprint density at radius 3 is 2.92 bits per heavy atom. The molecule has 0 radical (unpaired) electrons. The fraction of sp³-hybridized carbons (Fsp3) is 0.526. The first-order valence-electron chi connectivity index (χ1n) is 8.75. The van der Waals surface area contributed by atoms with E-state index in [-0.39, 0.29) is 12.0 Å². The van der Waals surface area contributed by atoms with Crippen molar-refractivity contribution in [3.05, 3.63) is 47.2 Å². The number of rotatable bonds is 6. The second-order valence-corrected chi connectivity index (χ2v) is 6.94. The van der Waals surface area contributed by atoms with Gasteiger partial charge in [0, 0.05) is 37.6 Å². The molecule has 0 bridgehead atoms. The predicted octanol–water partition coefficient (Wildman–Crippen LogP) is 2.13. The molecule has 0 spiro atoms.